The second kappa shape index (κ2) is 5.10. The van der Waals surface area contributed by atoms with Gasteiger partial charge in [0.2, 0.25) is 0 Å². The summed E-state index contributed by atoms with van der Waals surface area (Å²) in [5.74, 6) is 0.0449. The minimum atomic E-state index is -0.127. The molecule has 3 nitrogen and oxygen atoms in total. The van der Waals surface area contributed by atoms with E-state index in [2.05, 4.69) is 0 Å². The minimum Gasteiger partial charge on any atom is -0.508 e. The molecule has 2 rings (SSSR count). The van der Waals surface area contributed by atoms with Crippen LogP contribution < -0.4 is 4.90 Å². The number of carbonyl (C=O) groups excluding carboxylic acids is 1. The van der Waals surface area contributed by atoms with Gasteiger partial charge in [0.05, 0.1) is 0 Å². The summed E-state index contributed by atoms with van der Waals surface area (Å²) in [5.41, 5.74) is 1.28. The molecule has 1 N–H and O–H groups in total. The van der Waals surface area contributed by atoms with Gasteiger partial charge in [0.25, 0.3) is 5.91 Å². The first-order valence-corrected chi connectivity index (χ1v) is 5.78. The number of phenolic OH excluding ortho intramolecular Hbond substituents is 1. The Kier molecular flexibility index (Phi) is 3.53. The Morgan fingerprint density at radius 3 is 2.17 bits per heavy atom. The zero-order valence-electron chi connectivity index (χ0n) is 9.80. The van der Waals surface area contributed by atoms with Gasteiger partial charge in [-0.25, -0.2) is 0 Å². The number of rotatable bonds is 2. The van der Waals surface area contributed by atoms with E-state index in [-0.39, 0.29) is 11.7 Å². The van der Waals surface area contributed by atoms with Crippen molar-refractivity contribution in [2.45, 2.75) is 0 Å². The Morgan fingerprint density at radius 2 is 1.61 bits per heavy atom. The highest BCUT2D eigenvalue weighted by atomic mass is 35.5. The molecule has 0 aromatic heterocycles. The van der Waals surface area contributed by atoms with Crippen LogP contribution in [0.15, 0.2) is 48.5 Å². The molecule has 0 saturated heterocycles. The number of anilines is 1. The second-order valence-electron chi connectivity index (χ2n) is 3.89. The summed E-state index contributed by atoms with van der Waals surface area (Å²) in [6.45, 7) is 0. The SMILES string of the molecule is CN(C(=O)c1ccc(Cl)cc1)c1ccc(O)cc1. The largest absolute Gasteiger partial charge is 0.508 e. The maximum Gasteiger partial charge on any atom is 0.258 e. The first-order valence-electron chi connectivity index (χ1n) is 5.40. The molecule has 2 aromatic rings. The van der Waals surface area contributed by atoms with E-state index in [1.54, 1.807) is 55.6 Å². The molecule has 0 bridgehead atoms. The fourth-order valence-electron chi connectivity index (χ4n) is 1.58. The van der Waals surface area contributed by atoms with Gasteiger partial charge in [0, 0.05) is 23.3 Å². The summed E-state index contributed by atoms with van der Waals surface area (Å²) in [4.78, 5) is 13.7. The number of hydrogen-bond acceptors (Lipinski definition) is 2. The standard InChI is InChI=1S/C14H12ClNO2/c1-16(12-6-8-13(17)9-7-12)14(18)10-2-4-11(15)5-3-10/h2-9,17H,1H3. The van der Waals surface area contributed by atoms with E-state index in [1.165, 1.54) is 4.90 Å². The van der Waals surface area contributed by atoms with Crippen molar-refractivity contribution < 1.29 is 9.90 Å². The Balaban J connectivity index is 2.23. The summed E-state index contributed by atoms with van der Waals surface area (Å²) in [7, 11) is 1.68. The van der Waals surface area contributed by atoms with Crippen LogP contribution in [0.25, 0.3) is 0 Å². The maximum absolute atomic E-state index is 12.2. The normalized spacial score (nSPS) is 10.1. The third kappa shape index (κ3) is 2.63. The van der Waals surface area contributed by atoms with Crippen LogP contribution in [-0.2, 0) is 0 Å². The average molecular weight is 262 g/mol. The molecule has 0 aliphatic heterocycles. The molecular formula is C14H12ClNO2. The lowest BCUT2D eigenvalue weighted by Crippen LogP contribution is -2.25. The lowest BCUT2D eigenvalue weighted by Gasteiger charge is -2.17. The molecular weight excluding hydrogens is 250 g/mol. The molecule has 0 fully saturated rings. The highest BCUT2D eigenvalue weighted by Crippen LogP contribution is 2.19. The zero-order valence-corrected chi connectivity index (χ0v) is 10.6. The van der Waals surface area contributed by atoms with E-state index in [0.717, 1.165) is 0 Å². The molecule has 2 aromatic carbocycles. The van der Waals surface area contributed by atoms with Gasteiger partial charge in [-0.05, 0) is 48.5 Å². The van der Waals surface area contributed by atoms with Crippen LogP contribution in [0.3, 0.4) is 0 Å². The number of carbonyl (C=O) groups is 1. The molecule has 0 aliphatic carbocycles. The van der Waals surface area contributed by atoms with E-state index < -0.39 is 0 Å². The molecule has 92 valence electrons. The number of nitrogens with zero attached hydrogens (tertiary/aromatic N) is 1. The molecule has 4 heteroatoms. The molecule has 0 atom stereocenters. The van der Waals surface area contributed by atoms with Crippen molar-refractivity contribution in [2.24, 2.45) is 0 Å². The van der Waals surface area contributed by atoms with Gasteiger partial charge in [-0.15, -0.1) is 0 Å². The Bertz CT molecular complexity index is 549. The van der Waals surface area contributed by atoms with Crippen molar-refractivity contribution >= 4 is 23.2 Å². The number of amides is 1. The third-order valence-electron chi connectivity index (χ3n) is 2.63. The first kappa shape index (κ1) is 12.5. The molecule has 0 spiro atoms. The number of benzene rings is 2. The van der Waals surface area contributed by atoms with Crippen LogP contribution in [0.1, 0.15) is 10.4 Å². The van der Waals surface area contributed by atoms with E-state index in [1.807, 2.05) is 0 Å². The molecule has 1 amide bonds. The van der Waals surface area contributed by atoms with E-state index in [9.17, 15) is 9.90 Å². The highest BCUT2D eigenvalue weighted by Gasteiger charge is 2.13. The highest BCUT2D eigenvalue weighted by molar-refractivity contribution is 6.30. The van der Waals surface area contributed by atoms with Gasteiger partial charge < -0.3 is 10.0 Å². The van der Waals surface area contributed by atoms with Gasteiger partial charge in [0.1, 0.15) is 5.75 Å². The van der Waals surface area contributed by atoms with E-state index >= 15 is 0 Å². The van der Waals surface area contributed by atoms with Gasteiger partial charge in [-0.2, -0.15) is 0 Å². The number of phenols is 1. The quantitative estimate of drug-likeness (QED) is 0.901. The first-order chi connectivity index (χ1) is 8.58. The van der Waals surface area contributed by atoms with Crippen LogP contribution >= 0.6 is 11.6 Å². The van der Waals surface area contributed by atoms with Crippen molar-refractivity contribution in [1.29, 1.82) is 0 Å². The van der Waals surface area contributed by atoms with Crippen molar-refractivity contribution in [1.82, 2.24) is 0 Å². The van der Waals surface area contributed by atoms with Gasteiger partial charge >= 0.3 is 0 Å². The summed E-state index contributed by atoms with van der Waals surface area (Å²) in [6, 6.07) is 13.2. The fraction of sp³-hybridized carbons (Fsp3) is 0.0714. The van der Waals surface area contributed by atoms with Crippen LogP contribution in [0.5, 0.6) is 5.75 Å². The Hall–Kier alpha value is -2.00. The number of halogens is 1. The predicted molar refractivity (Wildman–Crippen MR) is 72.3 cm³/mol. The van der Waals surface area contributed by atoms with E-state index in [4.69, 9.17) is 11.6 Å². The van der Waals surface area contributed by atoms with Gasteiger partial charge in [0.15, 0.2) is 0 Å². The lowest BCUT2D eigenvalue weighted by molar-refractivity contribution is 0.0993. The minimum absolute atomic E-state index is 0.127. The average Bonchev–Trinajstić information content (AvgIpc) is 2.39. The fourth-order valence-corrected chi connectivity index (χ4v) is 1.71. The molecule has 0 unspecified atom stereocenters. The monoisotopic (exact) mass is 261 g/mol. The molecule has 18 heavy (non-hydrogen) atoms. The van der Waals surface area contributed by atoms with Gasteiger partial charge in [-0.1, -0.05) is 11.6 Å². The van der Waals surface area contributed by atoms with Crippen LogP contribution in [0.4, 0.5) is 5.69 Å². The van der Waals surface area contributed by atoms with Crippen molar-refractivity contribution in [3.05, 3.63) is 59.1 Å². The molecule has 0 saturated carbocycles. The summed E-state index contributed by atoms with van der Waals surface area (Å²) >= 11 is 5.78. The van der Waals surface area contributed by atoms with Crippen LogP contribution in [0, 0.1) is 0 Å². The van der Waals surface area contributed by atoms with Crippen molar-refractivity contribution in [3.8, 4) is 5.75 Å². The predicted octanol–water partition coefficient (Wildman–Crippen LogP) is 3.32. The molecule has 0 radical (unpaired) electrons. The number of hydrogen-bond donors (Lipinski definition) is 1. The maximum atomic E-state index is 12.2. The van der Waals surface area contributed by atoms with Gasteiger partial charge in [-0.3, -0.25) is 4.79 Å². The summed E-state index contributed by atoms with van der Waals surface area (Å²) < 4.78 is 0. The van der Waals surface area contributed by atoms with Crippen LogP contribution in [0.2, 0.25) is 5.02 Å². The van der Waals surface area contributed by atoms with Crippen LogP contribution in [-0.4, -0.2) is 18.1 Å². The smallest absolute Gasteiger partial charge is 0.258 e. The Labute approximate surface area is 110 Å². The van der Waals surface area contributed by atoms with Crippen molar-refractivity contribution in [2.75, 3.05) is 11.9 Å². The third-order valence-corrected chi connectivity index (χ3v) is 2.88. The van der Waals surface area contributed by atoms with E-state index in [0.29, 0.717) is 16.3 Å². The summed E-state index contributed by atoms with van der Waals surface area (Å²) in [6.07, 6.45) is 0. The Morgan fingerprint density at radius 1 is 1.06 bits per heavy atom. The number of aromatic hydroxyl groups is 1. The molecule has 0 heterocycles. The zero-order chi connectivity index (χ0) is 13.1. The topological polar surface area (TPSA) is 40.5 Å². The lowest BCUT2D eigenvalue weighted by atomic mass is 10.2. The summed E-state index contributed by atoms with van der Waals surface area (Å²) in [5, 5.41) is 9.80. The van der Waals surface area contributed by atoms with Crippen molar-refractivity contribution in [3.63, 3.8) is 0 Å². The second-order valence-corrected chi connectivity index (χ2v) is 4.32. The molecule has 0 aliphatic rings.